The Balaban J connectivity index is 2.13. The summed E-state index contributed by atoms with van der Waals surface area (Å²) < 4.78 is 0. The van der Waals surface area contributed by atoms with E-state index >= 15 is 0 Å². The van der Waals surface area contributed by atoms with E-state index in [1.807, 2.05) is 6.92 Å². The fourth-order valence-corrected chi connectivity index (χ4v) is 1.18. The van der Waals surface area contributed by atoms with E-state index in [4.69, 9.17) is 0 Å². The third-order valence-corrected chi connectivity index (χ3v) is 1.93. The summed E-state index contributed by atoms with van der Waals surface area (Å²) in [5, 5.41) is 3.35. The second-order valence-corrected chi connectivity index (χ2v) is 3.01. The largest absolute Gasteiger partial charge is 0.313 e. The predicted molar refractivity (Wildman–Crippen MR) is 57.8 cm³/mol. The van der Waals surface area contributed by atoms with E-state index in [2.05, 4.69) is 47.8 Å². The van der Waals surface area contributed by atoms with Crippen molar-refractivity contribution in [1.82, 2.24) is 5.32 Å². The average molecular weight is 175 g/mol. The summed E-state index contributed by atoms with van der Waals surface area (Å²) in [5.74, 6) is 0. The molecule has 0 heterocycles. The summed E-state index contributed by atoms with van der Waals surface area (Å²) in [6.07, 6.45) is 5.30. The minimum atomic E-state index is 0.976. The van der Waals surface area contributed by atoms with Gasteiger partial charge in [-0.05, 0) is 25.5 Å². The van der Waals surface area contributed by atoms with Crippen molar-refractivity contribution in [2.45, 2.75) is 13.3 Å². The van der Waals surface area contributed by atoms with Crippen molar-refractivity contribution in [2.24, 2.45) is 0 Å². The highest BCUT2D eigenvalue weighted by Gasteiger charge is 1.88. The van der Waals surface area contributed by atoms with E-state index in [0.29, 0.717) is 0 Å². The van der Waals surface area contributed by atoms with Gasteiger partial charge in [-0.15, -0.1) is 0 Å². The first-order chi connectivity index (χ1) is 6.43. The van der Waals surface area contributed by atoms with Crippen molar-refractivity contribution in [3.05, 3.63) is 48.0 Å². The number of hydrogen-bond donors (Lipinski definition) is 1. The molecule has 0 saturated heterocycles. The molecule has 1 aromatic carbocycles. The van der Waals surface area contributed by atoms with E-state index in [9.17, 15) is 0 Å². The Labute approximate surface area is 80.5 Å². The lowest BCUT2D eigenvalue weighted by atomic mass is 10.1. The maximum Gasteiger partial charge on any atom is 0.0134 e. The molecule has 13 heavy (non-hydrogen) atoms. The van der Waals surface area contributed by atoms with Crippen LogP contribution in [0.25, 0.3) is 0 Å². The predicted octanol–water partition coefficient (Wildman–Crippen LogP) is 2.39. The molecule has 0 atom stereocenters. The standard InChI is InChI=1S/C12H17N/c1-2-3-10-13-11-9-12-7-5-4-6-8-12/h2-8,13H,9-11H2,1H3. The summed E-state index contributed by atoms with van der Waals surface area (Å²) >= 11 is 0. The maximum atomic E-state index is 3.35. The molecule has 1 nitrogen and oxygen atoms in total. The quantitative estimate of drug-likeness (QED) is 0.535. The maximum absolute atomic E-state index is 3.35. The van der Waals surface area contributed by atoms with Gasteiger partial charge in [0.1, 0.15) is 0 Å². The minimum Gasteiger partial charge on any atom is -0.313 e. The molecular weight excluding hydrogens is 158 g/mol. The minimum absolute atomic E-state index is 0.976. The van der Waals surface area contributed by atoms with Crippen molar-refractivity contribution >= 4 is 0 Å². The highest BCUT2D eigenvalue weighted by Crippen LogP contribution is 1.97. The van der Waals surface area contributed by atoms with Gasteiger partial charge in [0.15, 0.2) is 0 Å². The van der Waals surface area contributed by atoms with Crippen molar-refractivity contribution in [1.29, 1.82) is 0 Å². The zero-order chi connectivity index (χ0) is 9.36. The van der Waals surface area contributed by atoms with Crippen LogP contribution in [0.4, 0.5) is 0 Å². The van der Waals surface area contributed by atoms with Crippen molar-refractivity contribution in [3.63, 3.8) is 0 Å². The van der Waals surface area contributed by atoms with Crippen molar-refractivity contribution in [2.75, 3.05) is 13.1 Å². The third-order valence-electron chi connectivity index (χ3n) is 1.93. The molecule has 1 aromatic rings. The highest BCUT2D eigenvalue weighted by molar-refractivity contribution is 5.14. The van der Waals surface area contributed by atoms with Crippen LogP contribution in [0.3, 0.4) is 0 Å². The summed E-state index contributed by atoms with van der Waals surface area (Å²) in [6, 6.07) is 10.5. The first kappa shape index (κ1) is 10.0. The molecule has 70 valence electrons. The summed E-state index contributed by atoms with van der Waals surface area (Å²) in [4.78, 5) is 0. The Kier molecular flexibility index (Phi) is 4.95. The first-order valence-electron chi connectivity index (χ1n) is 4.79. The molecular formula is C12H17N. The van der Waals surface area contributed by atoms with Crippen LogP contribution < -0.4 is 5.32 Å². The van der Waals surface area contributed by atoms with Crippen LogP contribution in [0.15, 0.2) is 42.5 Å². The van der Waals surface area contributed by atoms with E-state index in [0.717, 1.165) is 19.5 Å². The van der Waals surface area contributed by atoms with E-state index in [1.165, 1.54) is 5.56 Å². The number of allylic oxidation sites excluding steroid dienone is 1. The van der Waals surface area contributed by atoms with Crippen LogP contribution >= 0.6 is 0 Å². The van der Waals surface area contributed by atoms with E-state index in [1.54, 1.807) is 0 Å². The number of rotatable bonds is 5. The van der Waals surface area contributed by atoms with Gasteiger partial charge in [-0.2, -0.15) is 0 Å². The molecule has 0 radical (unpaired) electrons. The van der Waals surface area contributed by atoms with Crippen molar-refractivity contribution in [3.8, 4) is 0 Å². The molecule has 1 heteroatoms. The lowest BCUT2D eigenvalue weighted by Gasteiger charge is -2.01. The van der Waals surface area contributed by atoms with Crippen LogP contribution in [0.2, 0.25) is 0 Å². The Morgan fingerprint density at radius 1 is 1.23 bits per heavy atom. The lowest BCUT2D eigenvalue weighted by Crippen LogP contribution is -2.16. The summed E-state index contributed by atoms with van der Waals surface area (Å²) in [5.41, 5.74) is 1.40. The molecule has 0 aliphatic rings. The topological polar surface area (TPSA) is 12.0 Å². The monoisotopic (exact) mass is 175 g/mol. The summed E-state index contributed by atoms with van der Waals surface area (Å²) in [7, 11) is 0. The van der Waals surface area contributed by atoms with Gasteiger partial charge in [0.05, 0.1) is 0 Å². The van der Waals surface area contributed by atoms with Gasteiger partial charge in [0.2, 0.25) is 0 Å². The SMILES string of the molecule is CC=CCNCCc1ccccc1. The second kappa shape index (κ2) is 6.44. The molecule has 0 aromatic heterocycles. The van der Waals surface area contributed by atoms with E-state index < -0.39 is 0 Å². The van der Waals surface area contributed by atoms with Crippen LogP contribution in [-0.4, -0.2) is 13.1 Å². The second-order valence-electron chi connectivity index (χ2n) is 3.01. The smallest absolute Gasteiger partial charge is 0.0134 e. The molecule has 0 saturated carbocycles. The zero-order valence-electron chi connectivity index (χ0n) is 8.16. The number of hydrogen-bond acceptors (Lipinski definition) is 1. The molecule has 0 fully saturated rings. The van der Waals surface area contributed by atoms with Gasteiger partial charge in [0.25, 0.3) is 0 Å². The Morgan fingerprint density at radius 3 is 2.69 bits per heavy atom. The zero-order valence-corrected chi connectivity index (χ0v) is 8.16. The van der Waals surface area contributed by atoms with Crippen molar-refractivity contribution < 1.29 is 0 Å². The molecule has 0 unspecified atom stereocenters. The Hall–Kier alpha value is -1.08. The van der Waals surface area contributed by atoms with Gasteiger partial charge in [-0.3, -0.25) is 0 Å². The molecule has 1 rings (SSSR count). The van der Waals surface area contributed by atoms with Crippen LogP contribution in [0, 0.1) is 0 Å². The molecule has 0 amide bonds. The van der Waals surface area contributed by atoms with Crippen LogP contribution in [-0.2, 0) is 6.42 Å². The van der Waals surface area contributed by atoms with Crippen LogP contribution in [0.1, 0.15) is 12.5 Å². The summed E-state index contributed by atoms with van der Waals surface area (Å²) in [6.45, 7) is 4.07. The molecule has 1 N–H and O–H groups in total. The number of benzene rings is 1. The average Bonchev–Trinajstić information content (AvgIpc) is 2.19. The molecule has 0 spiro atoms. The highest BCUT2D eigenvalue weighted by atomic mass is 14.8. The molecule has 0 aliphatic heterocycles. The van der Waals surface area contributed by atoms with Gasteiger partial charge < -0.3 is 5.32 Å². The van der Waals surface area contributed by atoms with Gasteiger partial charge in [-0.25, -0.2) is 0 Å². The van der Waals surface area contributed by atoms with E-state index in [-0.39, 0.29) is 0 Å². The third kappa shape index (κ3) is 4.48. The fourth-order valence-electron chi connectivity index (χ4n) is 1.18. The first-order valence-corrected chi connectivity index (χ1v) is 4.79. The molecule has 0 bridgehead atoms. The fraction of sp³-hybridized carbons (Fsp3) is 0.333. The van der Waals surface area contributed by atoms with Crippen LogP contribution in [0.5, 0.6) is 0 Å². The van der Waals surface area contributed by atoms with Gasteiger partial charge >= 0.3 is 0 Å². The van der Waals surface area contributed by atoms with Gasteiger partial charge in [-0.1, -0.05) is 42.5 Å². The number of nitrogens with one attached hydrogen (secondary N) is 1. The lowest BCUT2D eigenvalue weighted by molar-refractivity contribution is 0.744. The van der Waals surface area contributed by atoms with Gasteiger partial charge in [0, 0.05) is 6.54 Å². The molecule has 0 aliphatic carbocycles. The Morgan fingerprint density at radius 2 is 2.00 bits per heavy atom. The Bertz CT molecular complexity index is 239. The normalized spacial score (nSPS) is 10.8.